The summed E-state index contributed by atoms with van der Waals surface area (Å²) in [5.74, 6) is 0.838. The van der Waals surface area contributed by atoms with Crippen molar-refractivity contribution in [2.24, 2.45) is 7.05 Å². The molecular weight excluding hydrogens is 290 g/mol. The van der Waals surface area contributed by atoms with Crippen molar-refractivity contribution in [3.63, 3.8) is 0 Å². The number of carbonyl (C=O) groups excluding carboxylic acids is 1. The summed E-state index contributed by atoms with van der Waals surface area (Å²) < 4.78 is 7.07. The Hall–Kier alpha value is -2.30. The number of aryl methyl sites for hydroxylation is 1. The zero-order valence-corrected chi connectivity index (χ0v) is 13.6. The van der Waals surface area contributed by atoms with E-state index in [9.17, 15) is 4.79 Å². The van der Waals surface area contributed by atoms with Crippen molar-refractivity contribution in [1.82, 2.24) is 14.7 Å². The van der Waals surface area contributed by atoms with Gasteiger partial charge in [0.1, 0.15) is 0 Å². The lowest BCUT2D eigenvalue weighted by Gasteiger charge is -2.36. The lowest BCUT2D eigenvalue weighted by molar-refractivity contribution is 0.0635. The Morgan fingerprint density at radius 1 is 1.30 bits per heavy atom. The number of rotatable bonds is 2. The normalized spacial score (nSPS) is 23.6. The van der Waals surface area contributed by atoms with Crippen LogP contribution in [0.1, 0.15) is 36.0 Å². The van der Waals surface area contributed by atoms with Gasteiger partial charge in [-0.05, 0) is 43.9 Å². The molecule has 0 spiro atoms. The number of benzene rings is 1. The SMILES string of the molecule is C=C1CC2CCC(C1)N2C(=O)c1ccc2c(OC)n(C)nc2c1. The highest BCUT2D eigenvalue weighted by molar-refractivity contribution is 5.99. The monoisotopic (exact) mass is 311 g/mol. The summed E-state index contributed by atoms with van der Waals surface area (Å²) >= 11 is 0. The number of fused-ring (bicyclic) bond motifs is 3. The highest BCUT2D eigenvalue weighted by atomic mass is 16.5. The molecule has 2 bridgehead atoms. The van der Waals surface area contributed by atoms with E-state index in [1.165, 1.54) is 5.57 Å². The van der Waals surface area contributed by atoms with Gasteiger partial charge in [0, 0.05) is 24.7 Å². The smallest absolute Gasteiger partial charge is 0.254 e. The number of piperidine rings is 1. The standard InChI is InChI=1S/C18H21N3O2/c1-11-8-13-5-6-14(9-11)21(13)17(22)12-4-7-15-16(10-12)19-20(2)18(15)23-3/h4,7,10,13-14H,1,5-6,8-9H2,2-3H3. The third kappa shape index (κ3) is 2.14. The predicted molar refractivity (Wildman–Crippen MR) is 88.6 cm³/mol. The molecule has 2 atom stereocenters. The molecule has 23 heavy (non-hydrogen) atoms. The van der Waals surface area contributed by atoms with E-state index in [-0.39, 0.29) is 5.91 Å². The predicted octanol–water partition coefficient (Wildman–Crippen LogP) is 2.91. The van der Waals surface area contributed by atoms with Crippen LogP contribution >= 0.6 is 0 Å². The Morgan fingerprint density at radius 3 is 2.65 bits per heavy atom. The van der Waals surface area contributed by atoms with E-state index in [2.05, 4.69) is 16.6 Å². The van der Waals surface area contributed by atoms with Gasteiger partial charge in [-0.25, -0.2) is 4.68 Å². The Kier molecular flexibility index (Phi) is 3.18. The molecule has 1 aromatic carbocycles. The van der Waals surface area contributed by atoms with Crippen LogP contribution in [0.5, 0.6) is 5.88 Å². The minimum absolute atomic E-state index is 0.122. The average Bonchev–Trinajstić information content (AvgIpc) is 2.99. The zero-order chi connectivity index (χ0) is 16.1. The molecule has 2 saturated heterocycles. The Morgan fingerprint density at radius 2 is 2.00 bits per heavy atom. The Balaban J connectivity index is 1.69. The molecule has 2 aliphatic heterocycles. The molecule has 5 heteroatoms. The average molecular weight is 311 g/mol. The molecule has 0 N–H and O–H groups in total. The van der Waals surface area contributed by atoms with Crippen molar-refractivity contribution in [2.45, 2.75) is 37.8 Å². The van der Waals surface area contributed by atoms with Gasteiger partial charge >= 0.3 is 0 Å². The first-order valence-corrected chi connectivity index (χ1v) is 8.08. The van der Waals surface area contributed by atoms with Crippen LogP contribution in [0.3, 0.4) is 0 Å². The van der Waals surface area contributed by atoms with Crippen LogP contribution in [0.2, 0.25) is 0 Å². The fourth-order valence-corrected chi connectivity index (χ4v) is 4.14. The van der Waals surface area contributed by atoms with Gasteiger partial charge in [0.05, 0.1) is 18.0 Å². The van der Waals surface area contributed by atoms with Crippen LogP contribution in [0.25, 0.3) is 10.9 Å². The molecule has 4 rings (SSSR count). The van der Waals surface area contributed by atoms with Crippen molar-refractivity contribution in [1.29, 1.82) is 0 Å². The van der Waals surface area contributed by atoms with Gasteiger partial charge in [-0.15, -0.1) is 0 Å². The number of hydrogen-bond donors (Lipinski definition) is 0. The van der Waals surface area contributed by atoms with Gasteiger partial charge in [0.2, 0.25) is 5.88 Å². The maximum Gasteiger partial charge on any atom is 0.254 e. The van der Waals surface area contributed by atoms with Crippen LogP contribution < -0.4 is 4.74 Å². The molecular formula is C18H21N3O2. The zero-order valence-electron chi connectivity index (χ0n) is 13.6. The quantitative estimate of drug-likeness (QED) is 0.801. The highest BCUT2D eigenvalue weighted by Crippen LogP contribution is 2.39. The minimum atomic E-state index is 0.122. The van der Waals surface area contributed by atoms with Crippen molar-refractivity contribution in [3.8, 4) is 5.88 Å². The number of aromatic nitrogens is 2. The number of carbonyl (C=O) groups is 1. The second-order valence-electron chi connectivity index (χ2n) is 6.62. The highest BCUT2D eigenvalue weighted by Gasteiger charge is 2.41. The first-order valence-electron chi connectivity index (χ1n) is 8.08. The van der Waals surface area contributed by atoms with E-state index < -0.39 is 0 Å². The molecule has 2 unspecified atom stereocenters. The van der Waals surface area contributed by atoms with E-state index in [1.807, 2.05) is 25.2 Å². The third-order valence-electron chi connectivity index (χ3n) is 5.12. The lowest BCUT2D eigenvalue weighted by atomic mass is 9.97. The number of methoxy groups -OCH3 is 1. The van der Waals surface area contributed by atoms with Crippen molar-refractivity contribution < 1.29 is 9.53 Å². The molecule has 5 nitrogen and oxygen atoms in total. The molecule has 2 fully saturated rings. The molecule has 1 amide bonds. The van der Waals surface area contributed by atoms with Gasteiger partial charge in [-0.2, -0.15) is 5.10 Å². The number of amides is 1. The minimum Gasteiger partial charge on any atom is -0.481 e. The number of hydrogen-bond acceptors (Lipinski definition) is 3. The van der Waals surface area contributed by atoms with E-state index in [1.54, 1.807) is 11.8 Å². The third-order valence-corrected chi connectivity index (χ3v) is 5.12. The van der Waals surface area contributed by atoms with Gasteiger partial charge in [-0.3, -0.25) is 4.79 Å². The Bertz CT molecular complexity index is 792. The second kappa shape index (κ2) is 5.11. The number of nitrogens with zero attached hydrogens (tertiary/aromatic N) is 3. The van der Waals surface area contributed by atoms with Crippen LogP contribution in [-0.2, 0) is 7.05 Å². The maximum atomic E-state index is 13.0. The maximum absolute atomic E-state index is 13.0. The number of ether oxygens (including phenoxy) is 1. The fourth-order valence-electron chi connectivity index (χ4n) is 4.14. The molecule has 3 heterocycles. The fraction of sp³-hybridized carbons (Fsp3) is 0.444. The molecule has 2 aliphatic rings. The lowest BCUT2D eigenvalue weighted by Crippen LogP contribution is -2.44. The van der Waals surface area contributed by atoms with Crippen LogP contribution in [0, 0.1) is 0 Å². The molecule has 0 aliphatic carbocycles. The molecule has 0 saturated carbocycles. The summed E-state index contributed by atoms with van der Waals surface area (Å²) in [5.41, 5.74) is 2.79. The van der Waals surface area contributed by atoms with Gasteiger partial charge in [-0.1, -0.05) is 12.2 Å². The summed E-state index contributed by atoms with van der Waals surface area (Å²) in [6.07, 6.45) is 4.08. The van der Waals surface area contributed by atoms with Crippen molar-refractivity contribution in [3.05, 3.63) is 35.9 Å². The first-order chi connectivity index (χ1) is 11.1. The summed E-state index contributed by atoms with van der Waals surface area (Å²) in [4.78, 5) is 15.1. The van der Waals surface area contributed by atoms with Crippen LogP contribution in [-0.4, -0.2) is 39.8 Å². The summed E-state index contributed by atoms with van der Waals surface area (Å²) in [6, 6.07) is 6.34. The summed E-state index contributed by atoms with van der Waals surface area (Å²) in [6.45, 7) is 4.12. The molecule has 1 aromatic heterocycles. The van der Waals surface area contributed by atoms with E-state index in [4.69, 9.17) is 4.74 Å². The van der Waals surface area contributed by atoms with Gasteiger partial charge in [0.15, 0.2) is 0 Å². The van der Waals surface area contributed by atoms with E-state index in [0.29, 0.717) is 23.5 Å². The summed E-state index contributed by atoms with van der Waals surface area (Å²) in [7, 11) is 3.48. The van der Waals surface area contributed by atoms with E-state index >= 15 is 0 Å². The topological polar surface area (TPSA) is 47.4 Å². The van der Waals surface area contributed by atoms with Gasteiger partial charge in [0.25, 0.3) is 5.91 Å². The van der Waals surface area contributed by atoms with E-state index in [0.717, 1.165) is 36.6 Å². The van der Waals surface area contributed by atoms with Crippen LogP contribution in [0.15, 0.2) is 30.4 Å². The molecule has 0 radical (unpaired) electrons. The van der Waals surface area contributed by atoms with Crippen molar-refractivity contribution >= 4 is 16.8 Å². The Labute approximate surface area is 135 Å². The summed E-state index contributed by atoms with van der Waals surface area (Å²) in [5, 5.41) is 5.38. The van der Waals surface area contributed by atoms with Gasteiger partial charge < -0.3 is 9.64 Å². The molecule has 2 aromatic rings. The molecule has 120 valence electrons. The largest absolute Gasteiger partial charge is 0.481 e. The van der Waals surface area contributed by atoms with Crippen LogP contribution in [0.4, 0.5) is 0 Å². The first kappa shape index (κ1) is 14.3. The van der Waals surface area contributed by atoms with Crippen molar-refractivity contribution in [2.75, 3.05) is 7.11 Å². The second-order valence-corrected chi connectivity index (χ2v) is 6.62.